The molecule has 2 aromatic heterocycles. The van der Waals surface area contributed by atoms with Gasteiger partial charge in [0, 0.05) is 0 Å². The fraction of sp³-hybridized carbons (Fsp3) is 0.500. The van der Waals surface area contributed by atoms with Gasteiger partial charge in [0.1, 0.15) is 42.0 Å². The van der Waals surface area contributed by atoms with Crippen molar-refractivity contribution in [1.29, 1.82) is 5.26 Å². The van der Waals surface area contributed by atoms with Crippen molar-refractivity contribution in [3.05, 3.63) is 54.5 Å². The summed E-state index contributed by atoms with van der Waals surface area (Å²) in [7, 11) is -4.07. The summed E-state index contributed by atoms with van der Waals surface area (Å²) in [6.45, 7) is 5.32. The summed E-state index contributed by atoms with van der Waals surface area (Å²) in [5.41, 5.74) is 4.33. The predicted molar refractivity (Wildman–Crippen MR) is 151 cm³/mol. The molecule has 42 heavy (non-hydrogen) atoms. The van der Waals surface area contributed by atoms with E-state index in [0.717, 1.165) is 12.8 Å². The molecular weight excluding hydrogens is 565 g/mol. The van der Waals surface area contributed by atoms with Gasteiger partial charge in [-0.2, -0.15) is 10.4 Å². The average Bonchev–Trinajstić information content (AvgIpc) is 3.53. The molecule has 0 radical (unpaired) electrons. The number of nitriles is 1. The third-order valence-electron chi connectivity index (χ3n) is 7.43. The summed E-state index contributed by atoms with van der Waals surface area (Å²) in [6.07, 6.45) is -2.05. The van der Waals surface area contributed by atoms with Crippen LogP contribution in [-0.2, 0) is 29.0 Å². The Morgan fingerprint density at radius 2 is 1.95 bits per heavy atom. The molecule has 6 atom stereocenters. The molecule has 1 aliphatic heterocycles. The van der Waals surface area contributed by atoms with Crippen LogP contribution in [0.15, 0.2) is 48.8 Å². The first-order valence-electron chi connectivity index (χ1n) is 13.8. The molecule has 1 aliphatic rings. The van der Waals surface area contributed by atoms with Gasteiger partial charge in [0.05, 0.1) is 31.0 Å². The molecule has 1 fully saturated rings. The molecule has 13 nitrogen and oxygen atoms in total. The monoisotopic (exact) mass is 601 g/mol. The Balaban J connectivity index is 1.53. The Morgan fingerprint density at radius 3 is 2.62 bits per heavy atom. The molecule has 0 unspecified atom stereocenters. The zero-order valence-electron chi connectivity index (χ0n) is 23.7. The van der Waals surface area contributed by atoms with Crippen molar-refractivity contribution in [2.24, 2.45) is 11.8 Å². The Hall–Kier alpha value is -3.53. The van der Waals surface area contributed by atoms with Crippen molar-refractivity contribution in [2.75, 3.05) is 25.1 Å². The number of nitrogens with zero attached hydrogens (tertiary/aromatic N) is 4. The third-order valence-corrected chi connectivity index (χ3v) is 9.45. The second-order valence-corrected chi connectivity index (χ2v) is 12.3. The van der Waals surface area contributed by atoms with Crippen LogP contribution in [-0.4, -0.2) is 68.5 Å². The quantitative estimate of drug-likeness (QED) is 0.192. The normalized spacial score (nSPS) is 24.3. The minimum absolute atomic E-state index is 0.112. The van der Waals surface area contributed by atoms with Crippen molar-refractivity contribution in [2.45, 2.75) is 57.5 Å². The summed E-state index contributed by atoms with van der Waals surface area (Å²) in [5, 5.41) is 36.2. The van der Waals surface area contributed by atoms with E-state index in [1.54, 1.807) is 43.3 Å². The molecule has 0 aliphatic carbocycles. The fourth-order valence-corrected chi connectivity index (χ4v) is 6.64. The third kappa shape index (κ3) is 6.43. The largest absolute Gasteiger partial charge is 0.465 e. The molecule has 0 bridgehead atoms. The van der Waals surface area contributed by atoms with Crippen molar-refractivity contribution in [3.8, 4) is 11.8 Å². The van der Waals surface area contributed by atoms with Crippen LogP contribution >= 0.6 is 7.60 Å². The molecule has 0 saturated carbocycles. The number of ether oxygens (including phenoxy) is 2. The Bertz CT molecular complexity index is 1460. The SMILES string of the molecule is CCC(CC)COC(=O)[C@H](C)C[P@](=O)(OC[C@H]1O[C@@](C#N)(c2ccc3c(N)ncnn23)[C@H](O)[C@@H]1O)Oc1ccccc1. The first kappa shape index (κ1) is 31.4. The van der Waals surface area contributed by atoms with E-state index in [4.69, 9.17) is 24.3 Å². The van der Waals surface area contributed by atoms with Crippen LogP contribution in [0, 0.1) is 23.2 Å². The van der Waals surface area contributed by atoms with E-state index in [1.165, 1.54) is 16.9 Å². The van der Waals surface area contributed by atoms with Crippen LogP contribution in [0.5, 0.6) is 5.75 Å². The molecule has 0 spiro atoms. The zero-order chi connectivity index (χ0) is 30.5. The number of hydrogen-bond acceptors (Lipinski definition) is 12. The van der Waals surface area contributed by atoms with Crippen LogP contribution in [0.1, 0.15) is 39.3 Å². The Morgan fingerprint density at radius 1 is 1.24 bits per heavy atom. The molecule has 14 heteroatoms. The average molecular weight is 602 g/mol. The Labute approximate surface area is 243 Å². The number of nitrogen functional groups attached to an aromatic ring is 1. The number of aliphatic hydroxyl groups is 2. The van der Waals surface area contributed by atoms with Gasteiger partial charge in [0.2, 0.25) is 5.60 Å². The molecule has 226 valence electrons. The van der Waals surface area contributed by atoms with Gasteiger partial charge < -0.3 is 29.9 Å². The summed E-state index contributed by atoms with van der Waals surface area (Å²) in [6, 6.07) is 13.3. The predicted octanol–water partition coefficient (Wildman–Crippen LogP) is 3.06. The van der Waals surface area contributed by atoms with Crippen molar-refractivity contribution in [3.63, 3.8) is 0 Å². The Kier molecular flexibility index (Phi) is 9.86. The van der Waals surface area contributed by atoms with Gasteiger partial charge in [0.25, 0.3) is 0 Å². The maximum atomic E-state index is 14.0. The van der Waals surface area contributed by atoms with E-state index in [0.29, 0.717) is 5.52 Å². The standard InChI is InChI=1S/C28H36N5O8P/c1-4-19(5-2)13-38-27(36)18(3)15-42(37,41-20-9-7-6-8-10-20)39-14-22-24(34)25(35)28(16-29,40-22)23-12-11-21-26(30)31-17-32-33(21)23/h6-12,17-19,22,24-25,34-35H,4-5,13-15H2,1-3H3,(H2,30,31,32)/t18-,22-,24-,25-,28+,42+/m1/s1. The lowest BCUT2D eigenvalue weighted by Gasteiger charge is -2.25. The number of fused-ring (bicyclic) bond motifs is 1. The highest BCUT2D eigenvalue weighted by atomic mass is 31.2. The van der Waals surface area contributed by atoms with E-state index in [-0.39, 0.29) is 35.9 Å². The summed E-state index contributed by atoms with van der Waals surface area (Å²) in [4.78, 5) is 16.7. The molecule has 0 amide bonds. The minimum Gasteiger partial charge on any atom is -0.465 e. The fourth-order valence-electron chi connectivity index (χ4n) is 4.77. The van der Waals surface area contributed by atoms with Gasteiger partial charge in [-0.3, -0.25) is 9.32 Å². The second-order valence-electron chi connectivity index (χ2n) is 10.3. The number of carbonyl (C=O) groups is 1. The van der Waals surface area contributed by atoms with E-state index >= 15 is 0 Å². The van der Waals surface area contributed by atoms with Crippen LogP contribution in [0.3, 0.4) is 0 Å². The van der Waals surface area contributed by atoms with Crippen molar-refractivity contribution >= 4 is 24.9 Å². The van der Waals surface area contributed by atoms with E-state index in [1.807, 2.05) is 19.9 Å². The highest BCUT2D eigenvalue weighted by molar-refractivity contribution is 7.54. The van der Waals surface area contributed by atoms with Gasteiger partial charge in [-0.25, -0.2) is 14.1 Å². The van der Waals surface area contributed by atoms with Gasteiger partial charge >= 0.3 is 13.6 Å². The molecule has 1 aromatic carbocycles. The first-order chi connectivity index (χ1) is 20.1. The second kappa shape index (κ2) is 13.2. The highest BCUT2D eigenvalue weighted by Crippen LogP contribution is 2.51. The summed E-state index contributed by atoms with van der Waals surface area (Å²) in [5.74, 6) is -0.777. The van der Waals surface area contributed by atoms with Crippen molar-refractivity contribution < 1.29 is 38.1 Å². The first-order valence-corrected chi connectivity index (χ1v) is 15.5. The molecular formula is C28H36N5O8P. The van der Waals surface area contributed by atoms with Gasteiger partial charge in [-0.05, 0) is 30.2 Å². The highest BCUT2D eigenvalue weighted by Gasteiger charge is 2.58. The summed E-state index contributed by atoms with van der Waals surface area (Å²) < 4.78 is 38.2. The number of hydrogen-bond donors (Lipinski definition) is 3. The lowest BCUT2D eigenvalue weighted by molar-refractivity contribution is -0.148. The maximum Gasteiger partial charge on any atom is 0.380 e. The van der Waals surface area contributed by atoms with E-state index < -0.39 is 50.0 Å². The van der Waals surface area contributed by atoms with Crippen LogP contribution in [0.4, 0.5) is 5.82 Å². The van der Waals surface area contributed by atoms with Crippen LogP contribution < -0.4 is 10.3 Å². The van der Waals surface area contributed by atoms with E-state index in [2.05, 4.69) is 10.1 Å². The van der Waals surface area contributed by atoms with Gasteiger partial charge in [-0.1, -0.05) is 51.8 Å². The minimum atomic E-state index is -4.07. The molecule has 3 aromatic rings. The van der Waals surface area contributed by atoms with Gasteiger partial charge in [-0.15, -0.1) is 0 Å². The number of rotatable bonds is 13. The molecule has 4 N–H and O–H groups in total. The lowest BCUT2D eigenvalue weighted by Crippen LogP contribution is -2.41. The van der Waals surface area contributed by atoms with Crippen LogP contribution in [0.25, 0.3) is 5.52 Å². The number of carbonyl (C=O) groups excluding carboxylic acids is 1. The topological polar surface area (TPSA) is 192 Å². The smallest absolute Gasteiger partial charge is 0.380 e. The number of anilines is 1. The summed E-state index contributed by atoms with van der Waals surface area (Å²) >= 11 is 0. The number of nitrogens with two attached hydrogens (primary N) is 1. The molecule has 1 saturated heterocycles. The number of para-hydroxylation sites is 1. The van der Waals surface area contributed by atoms with Crippen molar-refractivity contribution in [1.82, 2.24) is 14.6 Å². The number of aliphatic hydroxyl groups excluding tert-OH is 2. The number of esters is 1. The molecule has 3 heterocycles. The number of aromatic nitrogens is 3. The van der Waals surface area contributed by atoms with E-state index in [9.17, 15) is 24.8 Å². The maximum absolute atomic E-state index is 14.0. The lowest BCUT2D eigenvalue weighted by atomic mass is 9.92. The number of benzene rings is 1. The molecule has 4 rings (SSSR count). The zero-order valence-corrected chi connectivity index (χ0v) is 24.6. The van der Waals surface area contributed by atoms with Crippen LogP contribution in [0.2, 0.25) is 0 Å². The van der Waals surface area contributed by atoms with Gasteiger partial charge in [0.15, 0.2) is 5.82 Å².